The van der Waals surface area contributed by atoms with Crippen LogP contribution in [0.25, 0.3) is 15.9 Å². The van der Waals surface area contributed by atoms with E-state index in [0.29, 0.717) is 9.90 Å². The first-order chi connectivity index (χ1) is 15.6. The average molecular weight is 481 g/mol. The fraction of sp³-hybridized carbons (Fsp3) is 0.240. The van der Waals surface area contributed by atoms with Gasteiger partial charge in [0.25, 0.3) is 5.91 Å². The van der Waals surface area contributed by atoms with Gasteiger partial charge in [-0.15, -0.1) is 11.3 Å². The first-order valence-electron chi connectivity index (χ1n) is 10.5. The molecule has 0 aliphatic rings. The van der Waals surface area contributed by atoms with E-state index >= 15 is 0 Å². The zero-order valence-corrected chi connectivity index (χ0v) is 20.8. The van der Waals surface area contributed by atoms with Gasteiger partial charge in [-0.1, -0.05) is 35.4 Å². The van der Waals surface area contributed by atoms with Crippen LogP contribution in [0.3, 0.4) is 0 Å². The Balaban J connectivity index is 1.54. The van der Waals surface area contributed by atoms with Gasteiger partial charge in [-0.25, -0.2) is 4.68 Å². The van der Waals surface area contributed by atoms with Crippen molar-refractivity contribution in [1.82, 2.24) is 14.7 Å². The van der Waals surface area contributed by atoms with E-state index in [1.807, 2.05) is 70.2 Å². The monoisotopic (exact) mass is 480 g/mol. The number of nitrogens with one attached hydrogen (secondary N) is 1. The number of fused-ring (bicyclic) bond motifs is 1. The number of halogens is 1. The lowest BCUT2D eigenvalue weighted by atomic mass is 10.1. The molecule has 0 radical (unpaired) electrons. The first kappa shape index (κ1) is 23.0. The Kier molecular flexibility index (Phi) is 6.28. The van der Waals surface area contributed by atoms with Gasteiger partial charge in [0.05, 0.1) is 22.8 Å². The molecule has 6 nitrogen and oxygen atoms in total. The summed E-state index contributed by atoms with van der Waals surface area (Å²) in [5.41, 5.74) is 5.60. The molecule has 0 aliphatic heterocycles. The highest BCUT2D eigenvalue weighted by Crippen LogP contribution is 2.31. The van der Waals surface area contributed by atoms with Crippen LogP contribution in [0.2, 0.25) is 5.02 Å². The van der Waals surface area contributed by atoms with E-state index < -0.39 is 0 Å². The molecular weight excluding hydrogens is 456 g/mol. The van der Waals surface area contributed by atoms with Crippen molar-refractivity contribution in [1.29, 1.82) is 0 Å². The van der Waals surface area contributed by atoms with Gasteiger partial charge in [0.2, 0.25) is 5.91 Å². The van der Waals surface area contributed by atoms with Crippen LogP contribution >= 0.6 is 22.9 Å². The Hall–Kier alpha value is -3.16. The van der Waals surface area contributed by atoms with Gasteiger partial charge in [-0.05, 0) is 63.1 Å². The lowest BCUT2D eigenvalue weighted by molar-refractivity contribution is -0.116. The van der Waals surface area contributed by atoms with Crippen LogP contribution in [-0.2, 0) is 4.79 Å². The van der Waals surface area contributed by atoms with Gasteiger partial charge in [-0.2, -0.15) is 5.10 Å². The molecule has 0 aliphatic carbocycles. The Labute approximate surface area is 201 Å². The van der Waals surface area contributed by atoms with Crippen molar-refractivity contribution in [2.24, 2.45) is 0 Å². The number of benzene rings is 2. The Morgan fingerprint density at radius 3 is 2.45 bits per heavy atom. The lowest BCUT2D eigenvalue weighted by Gasteiger charge is -2.18. The van der Waals surface area contributed by atoms with Gasteiger partial charge in [0, 0.05) is 23.1 Å². The third kappa shape index (κ3) is 4.65. The maximum atomic E-state index is 13.1. The second-order valence-electron chi connectivity index (χ2n) is 8.29. The summed E-state index contributed by atoms with van der Waals surface area (Å²) in [6.07, 6.45) is 0. The molecular formula is C25H25ClN4O2S. The molecule has 0 saturated heterocycles. The Morgan fingerprint density at radius 2 is 1.79 bits per heavy atom. The molecule has 0 bridgehead atoms. The molecule has 0 atom stereocenters. The summed E-state index contributed by atoms with van der Waals surface area (Å²) in [5.74, 6) is -0.441. The number of thiophene rings is 1. The van der Waals surface area contributed by atoms with Crippen molar-refractivity contribution in [3.05, 3.63) is 74.7 Å². The van der Waals surface area contributed by atoms with Crippen molar-refractivity contribution in [2.45, 2.75) is 27.7 Å². The van der Waals surface area contributed by atoms with E-state index in [4.69, 9.17) is 11.6 Å². The summed E-state index contributed by atoms with van der Waals surface area (Å²) in [7, 11) is 1.64. The van der Waals surface area contributed by atoms with E-state index in [-0.39, 0.29) is 18.4 Å². The van der Waals surface area contributed by atoms with Crippen molar-refractivity contribution in [3.63, 3.8) is 0 Å². The third-order valence-corrected chi connectivity index (χ3v) is 6.81. The largest absolute Gasteiger partial charge is 0.332 e. The number of hydrogen-bond donors (Lipinski definition) is 1. The summed E-state index contributed by atoms with van der Waals surface area (Å²) in [5, 5.41) is 9.08. The van der Waals surface area contributed by atoms with Gasteiger partial charge >= 0.3 is 0 Å². The number of rotatable bonds is 5. The quantitative estimate of drug-likeness (QED) is 0.399. The molecule has 33 heavy (non-hydrogen) atoms. The highest BCUT2D eigenvalue weighted by atomic mass is 35.5. The zero-order valence-electron chi connectivity index (χ0n) is 19.2. The number of carbonyl (C=O) groups excluding carboxylic acids is 2. The average Bonchev–Trinajstić information content (AvgIpc) is 3.30. The summed E-state index contributed by atoms with van der Waals surface area (Å²) >= 11 is 7.50. The van der Waals surface area contributed by atoms with Crippen LogP contribution in [0.15, 0.2) is 42.5 Å². The van der Waals surface area contributed by atoms with E-state index in [0.717, 1.165) is 44.0 Å². The fourth-order valence-corrected chi connectivity index (χ4v) is 5.33. The molecule has 0 saturated carbocycles. The van der Waals surface area contributed by atoms with E-state index in [1.165, 1.54) is 16.2 Å². The third-order valence-electron chi connectivity index (χ3n) is 5.48. The minimum Gasteiger partial charge on any atom is -0.332 e. The van der Waals surface area contributed by atoms with Crippen LogP contribution in [0.4, 0.5) is 5.69 Å². The van der Waals surface area contributed by atoms with Crippen molar-refractivity contribution in [3.8, 4) is 5.69 Å². The number of hydrogen-bond acceptors (Lipinski definition) is 4. The second kappa shape index (κ2) is 9.00. The molecule has 0 fully saturated rings. The fourth-order valence-electron chi connectivity index (χ4n) is 3.97. The summed E-state index contributed by atoms with van der Waals surface area (Å²) in [4.78, 5) is 28.6. The molecule has 2 amide bonds. The minimum atomic E-state index is -0.233. The molecule has 8 heteroatoms. The second-order valence-corrected chi connectivity index (χ2v) is 9.76. The van der Waals surface area contributed by atoms with E-state index in [9.17, 15) is 9.59 Å². The summed E-state index contributed by atoms with van der Waals surface area (Å²) in [6, 6.07) is 13.3. The predicted octanol–water partition coefficient (Wildman–Crippen LogP) is 5.68. The molecule has 2 aromatic carbocycles. The lowest BCUT2D eigenvalue weighted by Crippen LogP contribution is -2.34. The first-order valence-corrected chi connectivity index (χ1v) is 11.7. The van der Waals surface area contributed by atoms with Crippen LogP contribution in [-0.4, -0.2) is 40.1 Å². The smallest absolute Gasteiger partial charge is 0.264 e. The normalized spacial score (nSPS) is 11.1. The highest BCUT2D eigenvalue weighted by Gasteiger charge is 2.21. The van der Waals surface area contributed by atoms with Crippen molar-refractivity contribution < 1.29 is 9.59 Å². The maximum Gasteiger partial charge on any atom is 0.264 e. The maximum absolute atomic E-state index is 13.1. The van der Waals surface area contributed by atoms with Gasteiger partial charge in [-0.3, -0.25) is 9.59 Å². The zero-order chi connectivity index (χ0) is 23.9. The van der Waals surface area contributed by atoms with Crippen molar-refractivity contribution >= 4 is 50.7 Å². The SMILES string of the molecule is Cc1cc(C)c(NC(=O)CN(C)C(=O)c2cc3c(C)nn(-c4cccc(Cl)c4)c3s2)c(C)c1. The number of aryl methyl sites for hydroxylation is 4. The van der Waals surface area contributed by atoms with Gasteiger partial charge in [0.1, 0.15) is 4.83 Å². The number of amides is 2. The standard InChI is InChI=1S/C25H25ClN4O2S/c1-14-9-15(2)23(16(3)10-14)27-22(31)13-29(5)24(32)21-12-20-17(4)28-30(25(20)33-21)19-8-6-7-18(26)11-19/h6-12H,13H2,1-5H3,(H,27,31). The van der Waals surface area contributed by atoms with Gasteiger partial charge in [0.15, 0.2) is 0 Å². The number of likely N-dealkylation sites (N-methyl/N-ethyl adjacent to an activating group) is 1. The summed E-state index contributed by atoms with van der Waals surface area (Å²) < 4.78 is 1.80. The topological polar surface area (TPSA) is 67.2 Å². The van der Waals surface area contributed by atoms with Gasteiger partial charge < -0.3 is 10.2 Å². The Bertz CT molecular complexity index is 1370. The van der Waals surface area contributed by atoms with Crippen LogP contribution < -0.4 is 5.32 Å². The molecule has 4 aromatic rings. The Morgan fingerprint density at radius 1 is 1.09 bits per heavy atom. The molecule has 4 rings (SSSR count). The number of carbonyl (C=O) groups is 2. The number of aromatic nitrogens is 2. The number of nitrogens with zero attached hydrogens (tertiary/aromatic N) is 3. The molecule has 1 N–H and O–H groups in total. The molecule has 2 heterocycles. The molecule has 0 unspecified atom stereocenters. The van der Waals surface area contributed by atoms with Crippen LogP contribution in [0.5, 0.6) is 0 Å². The molecule has 2 aromatic heterocycles. The van der Waals surface area contributed by atoms with E-state index in [2.05, 4.69) is 10.4 Å². The molecule has 0 spiro atoms. The van der Waals surface area contributed by atoms with Crippen molar-refractivity contribution in [2.75, 3.05) is 18.9 Å². The summed E-state index contributed by atoms with van der Waals surface area (Å²) in [6.45, 7) is 7.82. The van der Waals surface area contributed by atoms with Crippen LogP contribution in [0, 0.1) is 27.7 Å². The minimum absolute atomic E-state index is 0.0424. The predicted molar refractivity (Wildman–Crippen MR) is 135 cm³/mol. The highest BCUT2D eigenvalue weighted by molar-refractivity contribution is 7.20. The van der Waals surface area contributed by atoms with Crippen LogP contribution in [0.1, 0.15) is 32.1 Å². The van der Waals surface area contributed by atoms with E-state index in [1.54, 1.807) is 11.7 Å². The number of anilines is 1. The molecule has 170 valence electrons.